The Balaban J connectivity index is 3.43. The molecule has 3 unspecified atom stereocenters. The van der Waals surface area contributed by atoms with Crippen LogP contribution in [0.2, 0.25) is 0 Å². The van der Waals surface area contributed by atoms with Gasteiger partial charge in [0.15, 0.2) is 0 Å². The fraction of sp³-hybridized carbons (Fsp3) is 0.593. The van der Waals surface area contributed by atoms with Crippen LogP contribution in [0.3, 0.4) is 0 Å². The third kappa shape index (κ3) is 9.85. The van der Waals surface area contributed by atoms with Crippen LogP contribution in [-0.2, 0) is 14.3 Å². The Morgan fingerprint density at radius 2 is 1.83 bits per heavy atom. The largest absolute Gasteiger partial charge is 0.444 e. The number of hydrogen-bond donors (Lipinski definition) is 2. The zero-order valence-corrected chi connectivity index (χ0v) is 23.2. The van der Waals surface area contributed by atoms with Gasteiger partial charge in [0.25, 0.3) is 5.91 Å². The van der Waals surface area contributed by atoms with Gasteiger partial charge in [0, 0.05) is 12.1 Å². The zero-order chi connectivity index (χ0) is 26.8. The predicted molar refractivity (Wildman–Crippen MR) is 143 cm³/mol. The summed E-state index contributed by atoms with van der Waals surface area (Å²) in [6, 6.07) is 6.10. The number of terminal acetylenes is 1. The summed E-state index contributed by atoms with van der Waals surface area (Å²) in [5.41, 5.74) is 1.71. The van der Waals surface area contributed by atoms with Crippen molar-refractivity contribution in [3.8, 4) is 12.5 Å². The van der Waals surface area contributed by atoms with Gasteiger partial charge in [0.2, 0.25) is 5.91 Å². The standard InChI is InChI=1S/C27H41N3O4S/c1-10-12-20(5)28-24(31)23(21-17-18(3)13-14-19(21)4)30(11-2)25(32)22(15-16-35-9)29-26(33)34-27(6,7)8/h2,13-14,17,20,22-23H,10,12,15-16H2,1,3-9H3,(H,28,31)(H,29,33). The first-order valence-corrected chi connectivity index (χ1v) is 13.4. The van der Waals surface area contributed by atoms with Gasteiger partial charge in [-0.05, 0) is 77.5 Å². The van der Waals surface area contributed by atoms with Crippen LogP contribution in [0.25, 0.3) is 0 Å². The molecule has 0 aliphatic carbocycles. The lowest BCUT2D eigenvalue weighted by atomic mass is 9.96. The highest BCUT2D eigenvalue weighted by Crippen LogP contribution is 2.27. The van der Waals surface area contributed by atoms with Crippen LogP contribution in [-0.4, -0.2) is 52.5 Å². The Kier molecular flexibility index (Phi) is 12.2. The number of amides is 3. The van der Waals surface area contributed by atoms with Crippen LogP contribution in [0.4, 0.5) is 4.79 Å². The molecule has 2 N–H and O–H groups in total. The van der Waals surface area contributed by atoms with E-state index in [9.17, 15) is 14.4 Å². The number of nitrogens with zero attached hydrogens (tertiary/aromatic N) is 1. The van der Waals surface area contributed by atoms with E-state index < -0.39 is 29.7 Å². The minimum absolute atomic E-state index is 0.0815. The fourth-order valence-electron chi connectivity index (χ4n) is 3.66. The van der Waals surface area contributed by atoms with Crippen molar-refractivity contribution < 1.29 is 19.1 Å². The smallest absolute Gasteiger partial charge is 0.408 e. The maximum Gasteiger partial charge on any atom is 0.408 e. The highest BCUT2D eigenvalue weighted by Gasteiger charge is 2.36. The van der Waals surface area contributed by atoms with Gasteiger partial charge in [-0.1, -0.05) is 43.5 Å². The van der Waals surface area contributed by atoms with Crippen molar-refractivity contribution in [1.29, 1.82) is 0 Å². The number of hydrogen-bond acceptors (Lipinski definition) is 5. The summed E-state index contributed by atoms with van der Waals surface area (Å²) in [6.07, 6.45) is 9.10. The molecule has 8 heteroatoms. The summed E-state index contributed by atoms with van der Waals surface area (Å²) >= 11 is 1.54. The predicted octanol–water partition coefficient (Wildman–Crippen LogP) is 4.72. The zero-order valence-electron chi connectivity index (χ0n) is 22.4. The van der Waals surface area contributed by atoms with Crippen LogP contribution < -0.4 is 10.6 Å². The third-order valence-electron chi connectivity index (χ3n) is 5.32. The minimum Gasteiger partial charge on any atom is -0.444 e. The fourth-order valence-corrected chi connectivity index (χ4v) is 4.13. The van der Waals surface area contributed by atoms with Crippen LogP contribution >= 0.6 is 11.8 Å². The van der Waals surface area contributed by atoms with Gasteiger partial charge in [-0.2, -0.15) is 11.8 Å². The van der Waals surface area contributed by atoms with Gasteiger partial charge in [-0.3, -0.25) is 14.5 Å². The molecular formula is C27H41N3O4S. The van der Waals surface area contributed by atoms with E-state index in [1.165, 1.54) is 0 Å². The number of thioether (sulfide) groups is 1. The summed E-state index contributed by atoms with van der Waals surface area (Å²) in [6.45, 7) is 13.0. The van der Waals surface area contributed by atoms with Crippen molar-refractivity contribution in [1.82, 2.24) is 15.5 Å². The lowest BCUT2D eigenvalue weighted by Gasteiger charge is -2.32. The van der Waals surface area contributed by atoms with Crippen molar-refractivity contribution in [2.75, 3.05) is 12.0 Å². The molecule has 7 nitrogen and oxygen atoms in total. The minimum atomic E-state index is -1.04. The molecule has 0 aromatic heterocycles. The van der Waals surface area contributed by atoms with Gasteiger partial charge in [-0.25, -0.2) is 4.79 Å². The molecule has 3 amide bonds. The van der Waals surface area contributed by atoms with Crippen molar-refractivity contribution in [2.45, 2.75) is 91.5 Å². The molecule has 3 atom stereocenters. The molecule has 1 rings (SSSR count). The van der Waals surface area contributed by atoms with Crippen LogP contribution in [0.1, 0.15) is 76.6 Å². The third-order valence-corrected chi connectivity index (χ3v) is 5.97. The number of aryl methyl sites for hydroxylation is 2. The Labute approximate surface area is 215 Å². The molecule has 0 saturated heterocycles. The van der Waals surface area contributed by atoms with E-state index in [4.69, 9.17) is 11.2 Å². The first-order valence-electron chi connectivity index (χ1n) is 12.0. The molecule has 0 aliphatic heterocycles. The Bertz CT molecular complexity index is 920. The van der Waals surface area contributed by atoms with E-state index in [2.05, 4.69) is 16.7 Å². The summed E-state index contributed by atoms with van der Waals surface area (Å²) in [7, 11) is 0. The molecule has 35 heavy (non-hydrogen) atoms. The van der Waals surface area contributed by atoms with Crippen LogP contribution in [0.15, 0.2) is 18.2 Å². The molecule has 0 heterocycles. The van der Waals surface area contributed by atoms with Gasteiger partial charge in [0.05, 0.1) is 0 Å². The van der Waals surface area contributed by atoms with E-state index >= 15 is 0 Å². The van der Waals surface area contributed by atoms with E-state index in [0.717, 1.165) is 28.9 Å². The topological polar surface area (TPSA) is 87.7 Å². The summed E-state index contributed by atoms with van der Waals surface area (Å²) in [5.74, 6) is -0.276. The lowest BCUT2D eigenvalue weighted by molar-refractivity contribution is -0.138. The van der Waals surface area contributed by atoms with E-state index in [1.54, 1.807) is 32.5 Å². The highest BCUT2D eigenvalue weighted by molar-refractivity contribution is 7.98. The number of carbonyl (C=O) groups excluding carboxylic acids is 3. The molecule has 1 aromatic carbocycles. The summed E-state index contributed by atoms with van der Waals surface area (Å²) in [5, 5.41) is 5.67. The Morgan fingerprint density at radius 1 is 1.17 bits per heavy atom. The van der Waals surface area contributed by atoms with Crippen LogP contribution in [0, 0.1) is 26.3 Å². The van der Waals surface area contributed by atoms with Crippen LogP contribution in [0.5, 0.6) is 0 Å². The number of ether oxygens (including phenoxy) is 1. The molecule has 0 spiro atoms. The Hall–Kier alpha value is -2.66. The van der Waals surface area contributed by atoms with Gasteiger partial charge in [0.1, 0.15) is 17.7 Å². The van der Waals surface area contributed by atoms with Crippen molar-refractivity contribution in [2.24, 2.45) is 0 Å². The normalized spacial score (nSPS) is 13.7. The van der Waals surface area contributed by atoms with E-state index in [0.29, 0.717) is 17.7 Å². The van der Waals surface area contributed by atoms with Gasteiger partial charge >= 0.3 is 6.09 Å². The van der Waals surface area contributed by atoms with E-state index in [1.807, 2.05) is 52.1 Å². The number of alkyl carbamates (subject to hydrolysis) is 1. The number of rotatable bonds is 11. The second-order valence-corrected chi connectivity index (χ2v) is 10.8. The van der Waals surface area contributed by atoms with Crippen molar-refractivity contribution in [3.05, 3.63) is 34.9 Å². The quantitative estimate of drug-likeness (QED) is 0.337. The second-order valence-electron chi connectivity index (χ2n) is 9.78. The lowest BCUT2D eigenvalue weighted by Crippen LogP contribution is -2.52. The number of benzene rings is 1. The SMILES string of the molecule is C#CN(C(=O)C(CCSC)NC(=O)OC(C)(C)C)C(C(=O)NC(C)CCC)c1cc(C)ccc1C. The Morgan fingerprint density at radius 3 is 2.37 bits per heavy atom. The molecule has 0 fully saturated rings. The first-order chi connectivity index (χ1) is 16.3. The maximum absolute atomic E-state index is 13.7. The highest BCUT2D eigenvalue weighted by atomic mass is 32.2. The molecule has 0 aliphatic rings. The molecule has 0 saturated carbocycles. The molecule has 194 valence electrons. The summed E-state index contributed by atoms with van der Waals surface area (Å²) in [4.78, 5) is 40.9. The summed E-state index contributed by atoms with van der Waals surface area (Å²) < 4.78 is 5.36. The maximum atomic E-state index is 13.7. The van der Waals surface area contributed by atoms with E-state index in [-0.39, 0.29) is 11.9 Å². The molecule has 1 aromatic rings. The molecule has 0 radical (unpaired) electrons. The van der Waals surface area contributed by atoms with Crippen molar-refractivity contribution in [3.63, 3.8) is 0 Å². The average molecular weight is 504 g/mol. The van der Waals surface area contributed by atoms with Gasteiger partial charge < -0.3 is 15.4 Å². The number of carbonyl (C=O) groups is 3. The number of nitrogens with one attached hydrogen (secondary N) is 2. The first kappa shape index (κ1) is 30.4. The average Bonchev–Trinajstić information content (AvgIpc) is 2.75. The second kappa shape index (κ2) is 14.0. The molecule has 0 bridgehead atoms. The van der Waals surface area contributed by atoms with Crippen molar-refractivity contribution >= 4 is 29.7 Å². The monoisotopic (exact) mass is 503 g/mol. The molecular weight excluding hydrogens is 462 g/mol. The van der Waals surface area contributed by atoms with Gasteiger partial charge in [-0.15, -0.1) is 0 Å².